The molecule has 0 bridgehead atoms. The van der Waals surface area contributed by atoms with Gasteiger partial charge in [0.1, 0.15) is 11.8 Å². The number of hydrogen-bond donors (Lipinski definition) is 1. The van der Waals surface area contributed by atoms with Gasteiger partial charge in [0.2, 0.25) is 5.91 Å². The third-order valence-corrected chi connectivity index (χ3v) is 7.66. The highest BCUT2D eigenvalue weighted by Gasteiger charge is 2.54. The molecule has 0 saturated carbocycles. The first-order valence-corrected chi connectivity index (χ1v) is 13.2. The topological polar surface area (TPSA) is 79.0 Å². The minimum Gasteiger partial charge on any atom is -0.353 e. The number of hydrogen-bond acceptors (Lipinski definition) is 4. The summed E-state index contributed by atoms with van der Waals surface area (Å²) in [4.78, 5) is 43.7. The predicted octanol–water partition coefficient (Wildman–Crippen LogP) is 4.44. The molecule has 2 fully saturated rings. The lowest BCUT2D eigenvalue weighted by atomic mass is 9.96. The Kier molecular flexibility index (Phi) is 7.49. The van der Waals surface area contributed by atoms with Gasteiger partial charge in [0.25, 0.3) is 11.8 Å². The van der Waals surface area contributed by atoms with Gasteiger partial charge in [-0.3, -0.25) is 19.3 Å². The number of nitrogens with one attached hydrogen (secondary N) is 1. The third kappa shape index (κ3) is 5.17. The maximum absolute atomic E-state index is 13.9. The molecule has 3 amide bonds. The molecular formula is C30H30ClN3O4. The number of amides is 3. The van der Waals surface area contributed by atoms with E-state index in [4.69, 9.17) is 16.3 Å². The van der Waals surface area contributed by atoms with Crippen LogP contribution in [0, 0.1) is 6.92 Å². The summed E-state index contributed by atoms with van der Waals surface area (Å²) in [7, 11) is 0. The summed E-state index contributed by atoms with van der Waals surface area (Å²) >= 11 is 6.26. The fraction of sp³-hybridized carbons (Fsp3) is 0.300. The summed E-state index contributed by atoms with van der Waals surface area (Å²) in [5.74, 6) is -0.675. The van der Waals surface area contributed by atoms with E-state index in [1.54, 1.807) is 46.2 Å². The van der Waals surface area contributed by atoms with Gasteiger partial charge in [-0.1, -0.05) is 71.8 Å². The van der Waals surface area contributed by atoms with Crippen LogP contribution in [0.25, 0.3) is 0 Å². The second-order valence-electron chi connectivity index (χ2n) is 9.79. The van der Waals surface area contributed by atoms with E-state index in [0.717, 1.165) is 11.1 Å². The van der Waals surface area contributed by atoms with Gasteiger partial charge >= 0.3 is 0 Å². The van der Waals surface area contributed by atoms with Crippen LogP contribution < -0.4 is 5.32 Å². The van der Waals surface area contributed by atoms with E-state index in [2.05, 4.69) is 5.32 Å². The fourth-order valence-corrected chi connectivity index (χ4v) is 5.39. The summed E-state index contributed by atoms with van der Waals surface area (Å²) in [5.41, 5.74) is 1.97. The Balaban J connectivity index is 1.37. The quantitative estimate of drug-likeness (QED) is 0.528. The molecule has 1 spiro atoms. The fourth-order valence-electron chi connectivity index (χ4n) is 5.17. The van der Waals surface area contributed by atoms with Crippen molar-refractivity contribution in [2.24, 2.45) is 0 Å². The van der Waals surface area contributed by atoms with Gasteiger partial charge in [0.05, 0.1) is 17.2 Å². The maximum Gasteiger partial charge on any atom is 0.256 e. The van der Waals surface area contributed by atoms with Gasteiger partial charge in [0, 0.05) is 38.0 Å². The number of carbonyl (C=O) groups is 3. The predicted molar refractivity (Wildman–Crippen MR) is 145 cm³/mol. The van der Waals surface area contributed by atoms with Gasteiger partial charge in [-0.15, -0.1) is 0 Å². The van der Waals surface area contributed by atoms with Crippen LogP contribution in [0.3, 0.4) is 0 Å². The number of likely N-dealkylation sites (tertiary alicyclic amines) is 1. The molecule has 8 heteroatoms. The van der Waals surface area contributed by atoms with Crippen LogP contribution in [0.15, 0.2) is 78.9 Å². The average molecular weight is 532 g/mol. The lowest BCUT2D eigenvalue weighted by Crippen LogP contribution is -2.59. The van der Waals surface area contributed by atoms with Crippen molar-refractivity contribution in [1.29, 1.82) is 0 Å². The number of rotatable bonds is 5. The van der Waals surface area contributed by atoms with E-state index in [1.165, 1.54) is 0 Å². The van der Waals surface area contributed by atoms with Crippen molar-refractivity contribution in [3.63, 3.8) is 0 Å². The van der Waals surface area contributed by atoms with Crippen LogP contribution in [0.5, 0.6) is 0 Å². The number of piperidine rings is 1. The largest absolute Gasteiger partial charge is 0.353 e. The number of aryl methyl sites for hydroxylation is 1. The number of carbonyl (C=O) groups excluding carboxylic acids is 3. The summed E-state index contributed by atoms with van der Waals surface area (Å²) in [5, 5.41) is 3.37. The summed E-state index contributed by atoms with van der Waals surface area (Å²) in [6.45, 7) is 3.16. The molecule has 0 radical (unpaired) electrons. The molecule has 0 aliphatic carbocycles. The lowest BCUT2D eigenvalue weighted by molar-refractivity contribution is -0.128. The standard InChI is InChI=1S/C30H30ClN3O4/c1-21-11-13-23(14-12-21)28(36)34-26(27(35)32-19-22-7-3-2-4-8-22)20-38-30(34)15-17-33(18-16-30)29(37)24-9-5-6-10-25(24)31/h2-14,26H,15-20H2,1H3,(H,32,35)/t26-/m0/s1. The first-order chi connectivity index (χ1) is 18.4. The van der Waals surface area contributed by atoms with E-state index in [1.807, 2.05) is 49.4 Å². The van der Waals surface area contributed by atoms with Crippen molar-refractivity contribution < 1.29 is 19.1 Å². The van der Waals surface area contributed by atoms with E-state index in [0.29, 0.717) is 48.6 Å². The van der Waals surface area contributed by atoms with Crippen molar-refractivity contribution in [3.8, 4) is 0 Å². The van der Waals surface area contributed by atoms with E-state index < -0.39 is 11.8 Å². The molecule has 2 saturated heterocycles. The second-order valence-corrected chi connectivity index (χ2v) is 10.2. The molecule has 3 aromatic rings. The zero-order valence-corrected chi connectivity index (χ0v) is 22.0. The smallest absolute Gasteiger partial charge is 0.256 e. The highest BCUT2D eigenvalue weighted by atomic mass is 35.5. The Morgan fingerprint density at radius 2 is 1.58 bits per heavy atom. The van der Waals surface area contributed by atoms with Crippen LogP contribution in [0.1, 0.15) is 44.7 Å². The lowest BCUT2D eigenvalue weighted by Gasteiger charge is -2.44. The normalized spacial score (nSPS) is 18.4. The Morgan fingerprint density at radius 3 is 2.26 bits per heavy atom. The summed E-state index contributed by atoms with van der Waals surface area (Å²) < 4.78 is 6.28. The molecule has 2 aliphatic rings. The molecule has 38 heavy (non-hydrogen) atoms. The number of halogens is 1. The average Bonchev–Trinajstić information content (AvgIpc) is 3.31. The van der Waals surface area contributed by atoms with Crippen LogP contribution in [-0.4, -0.2) is 59.0 Å². The monoisotopic (exact) mass is 531 g/mol. The third-order valence-electron chi connectivity index (χ3n) is 7.33. The second kappa shape index (κ2) is 11.0. The van der Waals surface area contributed by atoms with Crippen LogP contribution in [0.4, 0.5) is 0 Å². The summed E-state index contributed by atoms with van der Waals surface area (Å²) in [6.07, 6.45) is 0.784. The summed E-state index contributed by atoms with van der Waals surface area (Å²) in [6, 6.07) is 23.1. The molecule has 0 unspecified atom stereocenters. The Labute approximate surface area is 227 Å². The maximum atomic E-state index is 13.9. The zero-order valence-electron chi connectivity index (χ0n) is 21.2. The number of ether oxygens (including phenoxy) is 1. The van der Waals surface area contributed by atoms with Crippen molar-refractivity contribution in [2.45, 2.75) is 38.1 Å². The van der Waals surface area contributed by atoms with E-state index in [9.17, 15) is 14.4 Å². The molecule has 3 aromatic carbocycles. The SMILES string of the molecule is Cc1ccc(C(=O)N2[C@H](C(=O)NCc3ccccc3)COC23CCN(C(=O)c2ccccc2Cl)CC3)cc1. The van der Waals surface area contributed by atoms with E-state index in [-0.39, 0.29) is 24.3 Å². The van der Waals surface area contributed by atoms with Crippen molar-refractivity contribution in [3.05, 3.63) is 106 Å². The van der Waals surface area contributed by atoms with Gasteiger partial charge in [-0.05, 0) is 36.8 Å². The van der Waals surface area contributed by atoms with Crippen molar-refractivity contribution in [2.75, 3.05) is 19.7 Å². The zero-order chi connectivity index (χ0) is 26.7. The molecule has 5 rings (SSSR count). The van der Waals surface area contributed by atoms with Crippen LogP contribution >= 0.6 is 11.6 Å². The van der Waals surface area contributed by atoms with Crippen molar-refractivity contribution >= 4 is 29.3 Å². The minimum atomic E-state index is -0.978. The van der Waals surface area contributed by atoms with Gasteiger partial charge in [0.15, 0.2) is 0 Å². The van der Waals surface area contributed by atoms with Gasteiger partial charge < -0.3 is 15.0 Å². The Bertz CT molecular complexity index is 1320. The molecule has 2 heterocycles. The highest BCUT2D eigenvalue weighted by Crippen LogP contribution is 2.39. The van der Waals surface area contributed by atoms with Crippen molar-refractivity contribution in [1.82, 2.24) is 15.1 Å². The molecule has 2 aliphatic heterocycles. The number of nitrogens with zero attached hydrogens (tertiary/aromatic N) is 2. The van der Waals surface area contributed by atoms with E-state index >= 15 is 0 Å². The number of benzene rings is 3. The van der Waals surface area contributed by atoms with Gasteiger partial charge in [-0.2, -0.15) is 0 Å². The Hall–Kier alpha value is -3.68. The van der Waals surface area contributed by atoms with Crippen LogP contribution in [0.2, 0.25) is 5.02 Å². The molecule has 1 atom stereocenters. The first-order valence-electron chi connectivity index (χ1n) is 12.8. The van der Waals surface area contributed by atoms with Gasteiger partial charge in [-0.25, -0.2) is 0 Å². The molecule has 1 N–H and O–H groups in total. The minimum absolute atomic E-state index is 0.0939. The van der Waals surface area contributed by atoms with Crippen LogP contribution in [-0.2, 0) is 16.1 Å². The molecule has 0 aromatic heterocycles. The first kappa shape index (κ1) is 25.9. The Morgan fingerprint density at radius 1 is 0.921 bits per heavy atom. The molecule has 196 valence electrons. The highest BCUT2D eigenvalue weighted by molar-refractivity contribution is 6.33. The molecular weight excluding hydrogens is 502 g/mol. The molecule has 7 nitrogen and oxygen atoms in total.